The lowest BCUT2D eigenvalue weighted by molar-refractivity contribution is -0.117. The van der Waals surface area contributed by atoms with Gasteiger partial charge in [-0.1, -0.05) is 23.5 Å². The van der Waals surface area contributed by atoms with Crippen LogP contribution in [-0.4, -0.2) is 35.4 Å². The molecule has 100 valence electrons. The predicted molar refractivity (Wildman–Crippen MR) is 78.7 cm³/mol. The van der Waals surface area contributed by atoms with Gasteiger partial charge in [0.1, 0.15) is 0 Å². The molecule has 1 aromatic heterocycles. The van der Waals surface area contributed by atoms with E-state index in [0.29, 0.717) is 11.7 Å². The van der Waals surface area contributed by atoms with Gasteiger partial charge in [-0.05, 0) is 44.5 Å². The van der Waals surface area contributed by atoms with E-state index in [1.54, 1.807) is 0 Å². The minimum absolute atomic E-state index is 0.0404. The SMILES string of the molecule is Cc1cccc2sc(NC(=O)CN3CCCC3)nc12. The van der Waals surface area contributed by atoms with Gasteiger partial charge < -0.3 is 5.32 Å². The average Bonchev–Trinajstić information content (AvgIpc) is 2.98. The molecule has 1 N–H and O–H groups in total. The van der Waals surface area contributed by atoms with Crippen molar-refractivity contribution in [3.63, 3.8) is 0 Å². The van der Waals surface area contributed by atoms with Crippen molar-refractivity contribution in [2.75, 3.05) is 25.0 Å². The Morgan fingerprint density at radius 3 is 2.95 bits per heavy atom. The van der Waals surface area contributed by atoms with Gasteiger partial charge in [-0.25, -0.2) is 4.98 Å². The molecule has 1 aromatic carbocycles. The Morgan fingerprint density at radius 1 is 1.42 bits per heavy atom. The van der Waals surface area contributed by atoms with Gasteiger partial charge in [-0.15, -0.1) is 0 Å². The van der Waals surface area contributed by atoms with Crippen LogP contribution in [0.3, 0.4) is 0 Å². The van der Waals surface area contributed by atoms with E-state index in [0.717, 1.165) is 28.9 Å². The van der Waals surface area contributed by atoms with Crippen LogP contribution in [0.15, 0.2) is 18.2 Å². The molecule has 0 aliphatic carbocycles. The number of anilines is 1. The van der Waals surface area contributed by atoms with Crippen molar-refractivity contribution in [3.8, 4) is 0 Å². The first-order valence-corrected chi connectivity index (χ1v) is 7.42. The minimum Gasteiger partial charge on any atom is -0.301 e. The lowest BCUT2D eigenvalue weighted by Crippen LogP contribution is -2.30. The normalized spacial score (nSPS) is 16.1. The number of aryl methyl sites for hydroxylation is 1. The van der Waals surface area contributed by atoms with E-state index < -0.39 is 0 Å². The minimum atomic E-state index is 0.0404. The van der Waals surface area contributed by atoms with Crippen LogP contribution in [-0.2, 0) is 4.79 Å². The van der Waals surface area contributed by atoms with Crippen LogP contribution in [0.1, 0.15) is 18.4 Å². The number of carbonyl (C=O) groups is 1. The number of para-hydroxylation sites is 1. The topological polar surface area (TPSA) is 45.2 Å². The number of aromatic nitrogens is 1. The van der Waals surface area contributed by atoms with Crippen LogP contribution in [0.2, 0.25) is 0 Å². The zero-order valence-electron chi connectivity index (χ0n) is 11.0. The van der Waals surface area contributed by atoms with E-state index in [-0.39, 0.29) is 5.91 Å². The third kappa shape index (κ3) is 2.77. The fourth-order valence-corrected chi connectivity index (χ4v) is 3.40. The van der Waals surface area contributed by atoms with Crippen molar-refractivity contribution < 1.29 is 4.79 Å². The maximum absolute atomic E-state index is 11.9. The van der Waals surface area contributed by atoms with E-state index in [9.17, 15) is 4.79 Å². The lowest BCUT2D eigenvalue weighted by Gasteiger charge is -2.12. The molecule has 0 unspecified atom stereocenters. The molecule has 1 amide bonds. The summed E-state index contributed by atoms with van der Waals surface area (Å²) in [5, 5.41) is 3.61. The van der Waals surface area contributed by atoms with E-state index in [2.05, 4.69) is 15.2 Å². The summed E-state index contributed by atoms with van der Waals surface area (Å²) < 4.78 is 1.12. The molecule has 0 saturated carbocycles. The number of hydrogen-bond donors (Lipinski definition) is 1. The third-order valence-corrected chi connectivity index (χ3v) is 4.37. The summed E-state index contributed by atoms with van der Waals surface area (Å²) in [5.74, 6) is 0.0404. The Kier molecular flexibility index (Phi) is 3.48. The molecule has 19 heavy (non-hydrogen) atoms. The first-order valence-electron chi connectivity index (χ1n) is 6.61. The molecule has 0 bridgehead atoms. The van der Waals surface area contributed by atoms with Crippen LogP contribution >= 0.6 is 11.3 Å². The van der Waals surface area contributed by atoms with Gasteiger partial charge in [-0.3, -0.25) is 9.69 Å². The van der Waals surface area contributed by atoms with Crippen LogP contribution in [0.4, 0.5) is 5.13 Å². The molecule has 0 atom stereocenters. The van der Waals surface area contributed by atoms with Gasteiger partial charge in [0.25, 0.3) is 0 Å². The van der Waals surface area contributed by atoms with Crippen molar-refractivity contribution in [1.82, 2.24) is 9.88 Å². The highest BCUT2D eigenvalue weighted by atomic mass is 32.1. The summed E-state index contributed by atoms with van der Waals surface area (Å²) >= 11 is 1.54. The maximum Gasteiger partial charge on any atom is 0.240 e. The Hall–Kier alpha value is -1.46. The molecular weight excluding hydrogens is 258 g/mol. The molecule has 4 nitrogen and oxygen atoms in total. The Bertz CT molecular complexity index is 602. The summed E-state index contributed by atoms with van der Waals surface area (Å²) in [5.41, 5.74) is 2.14. The molecule has 1 fully saturated rings. The Morgan fingerprint density at radius 2 is 2.21 bits per heavy atom. The van der Waals surface area contributed by atoms with Gasteiger partial charge in [-0.2, -0.15) is 0 Å². The fraction of sp³-hybridized carbons (Fsp3) is 0.429. The largest absolute Gasteiger partial charge is 0.301 e. The van der Waals surface area contributed by atoms with Gasteiger partial charge in [0, 0.05) is 0 Å². The maximum atomic E-state index is 11.9. The number of likely N-dealkylation sites (tertiary alicyclic amines) is 1. The highest BCUT2D eigenvalue weighted by molar-refractivity contribution is 7.22. The quantitative estimate of drug-likeness (QED) is 0.936. The van der Waals surface area contributed by atoms with Gasteiger partial charge in [0.15, 0.2) is 5.13 Å². The average molecular weight is 275 g/mol. The molecule has 0 radical (unpaired) electrons. The van der Waals surface area contributed by atoms with Crippen molar-refractivity contribution in [2.24, 2.45) is 0 Å². The van der Waals surface area contributed by atoms with Crippen LogP contribution in [0, 0.1) is 6.92 Å². The standard InChI is InChI=1S/C14H17N3OS/c1-10-5-4-6-11-13(10)16-14(19-11)15-12(18)9-17-7-2-3-8-17/h4-6H,2-3,7-9H2,1H3,(H,15,16,18). The highest BCUT2D eigenvalue weighted by Crippen LogP contribution is 2.27. The number of benzene rings is 1. The lowest BCUT2D eigenvalue weighted by atomic mass is 10.2. The zero-order valence-corrected chi connectivity index (χ0v) is 11.8. The fourth-order valence-electron chi connectivity index (χ4n) is 2.44. The monoisotopic (exact) mass is 275 g/mol. The molecular formula is C14H17N3OS. The summed E-state index contributed by atoms with van der Waals surface area (Å²) in [6, 6.07) is 6.10. The van der Waals surface area contributed by atoms with E-state index in [1.807, 2.05) is 25.1 Å². The van der Waals surface area contributed by atoms with E-state index >= 15 is 0 Å². The zero-order chi connectivity index (χ0) is 13.2. The molecule has 1 aliphatic rings. The summed E-state index contributed by atoms with van der Waals surface area (Å²) in [6.45, 7) is 4.59. The smallest absolute Gasteiger partial charge is 0.240 e. The summed E-state index contributed by atoms with van der Waals surface area (Å²) in [6.07, 6.45) is 2.40. The molecule has 3 rings (SSSR count). The first kappa shape index (κ1) is 12.6. The number of nitrogens with zero attached hydrogens (tertiary/aromatic N) is 2. The Labute approximate surface area is 116 Å². The molecule has 2 aromatic rings. The van der Waals surface area contributed by atoms with Crippen LogP contribution in [0.25, 0.3) is 10.2 Å². The van der Waals surface area contributed by atoms with E-state index in [4.69, 9.17) is 0 Å². The van der Waals surface area contributed by atoms with Gasteiger partial charge in [0.05, 0.1) is 16.8 Å². The van der Waals surface area contributed by atoms with Crippen molar-refractivity contribution in [2.45, 2.75) is 19.8 Å². The number of hydrogen-bond acceptors (Lipinski definition) is 4. The van der Waals surface area contributed by atoms with Crippen molar-refractivity contribution in [1.29, 1.82) is 0 Å². The van der Waals surface area contributed by atoms with Crippen molar-refractivity contribution in [3.05, 3.63) is 23.8 Å². The van der Waals surface area contributed by atoms with Crippen LogP contribution in [0.5, 0.6) is 0 Å². The van der Waals surface area contributed by atoms with Crippen LogP contribution < -0.4 is 5.32 Å². The van der Waals surface area contributed by atoms with Crippen molar-refractivity contribution >= 4 is 32.6 Å². The molecule has 1 aliphatic heterocycles. The number of amides is 1. The van der Waals surface area contributed by atoms with Gasteiger partial charge in [0.2, 0.25) is 5.91 Å². The second-order valence-electron chi connectivity index (χ2n) is 4.97. The Balaban J connectivity index is 1.70. The molecule has 5 heteroatoms. The second-order valence-corrected chi connectivity index (χ2v) is 6.00. The predicted octanol–water partition coefficient (Wildman–Crippen LogP) is 2.64. The number of thiazole rings is 1. The number of nitrogens with one attached hydrogen (secondary N) is 1. The molecule has 2 heterocycles. The molecule has 1 saturated heterocycles. The van der Waals surface area contributed by atoms with E-state index in [1.165, 1.54) is 24.2 Å². The summed E-state index contributed by atoms with van der Waals surface area (Å²) in [4.78, 5) is 18.6. The number of carbonyl (C=O) groups excluding carboxylic acids is 1. The summed E-state index contributed by atoms with van der Waals surface area (Å²) in [7, 11) is 0. The first-order chi connectivity index (χ1) is 9.22. The molecule has 0 spiro atoms. The third-order valence-electron chi connectivity index (χ3n) is 3.43. The number of fused-ring (bicyclic) bond motifs is 1. The number of rotatable bonds is 3. The second kappa shape index (κ2) is 5.27. The highest BCUT2D eigenvalue weighted by Gasteiger charge is 2.16. The van der Waals surface area contributed by atoms with Gasteiger partial charge >= 0.3 is 0 Å².